The van der Waals surface area contributed by atoms with Gasteiger partial charge in [0.2, 0.25) is 5.09 Å². The van der Waals surface area contributed by atoms with E-state index in [1.165, 1.54) is 24.1 Å². The molecule has 1 amide bonds. The van der Waals surface area contributed by atoms with E-state index in [9.17, 15) is 18.0 Å². The number of rotatable bonds is 8. The molecule has 1 heterocycles. The molecule has 2 aromatic rings. The van der Waals surface area contributed by atoms with Crippen molar-refractivity contribution in [3.05, 3.63) is 47.7 Å². The van der Waals surface area contributed by atoms with Gasteiger partial charge in [0.05, 0.1) is 0 Å². The van der Waals surface area contributed by atoms with Crippen LogP contribution < -0.4 is 9.46 Å². The summed E-state index contributed by atoms with van der Waals surface area (Å²) in [6, 6.07) is 9.09. The summed E-state index contributed by atoms with van der Waals surface area (Å²) in [5, 5.41) is 8.23. The number of sulfonamides is 1. The highest BCUT2D eigenvalue weighted by Crippen LogP contribution is 2.17. The van der Waals surface area contributed by atoms with E-state index in [1.54, 1.807) is 31.3 Å². The Morgan fingerprint density at radius 3 is 2.42 bits per heavy atom. The molecule has 0 saturated heterocycles. The Morgan fingerprint density at radius 2 is 1.85 bits per heavy atom. The first-order chi connectivity index (χ1) is 12.2. The molecule has 9 nitrogen and oxygen atoms in total. The summed E-state index contributed by atoms with van der Waals surface area (Å²) in [6.07, 6.45) is 0. The number of nitrogens with one attached hydrogen (secondary N) is 1. The summed E-state index contributed by atoms with van der Waals surface area (Å²) in [4.78, 5) is 24.2. The van der Waals surface area contributed by atoms with Crippen LogP contribution in [0.2, 0.25) is 0 Å². The predicted molar refractivity (Wildman–Crippen MR) is 90.3 cm³/mol. The number of ether oxygens (including phenoxy) is 1. The average Bonchev–Trinajstić information content (AvgIpc) is 3.11. The van der Waals surface area contributed by atoms with Crippen LogP contribution in [0.3, 0.4) is 0 Å². The number of carboxylic acids is 1. The molecule has 1 aromatic carbocycles. The topological polar surface area (TPSA) is 126 Å². The van der Waals surface area contributed by atoms with E-state index in [2.05, 4.69) is 4.72 Å². The van der Waals surface area contributed by atoms with Crippen LogP contribution in [-0.4, -0.2) is 51.0 Å². The van der Waals surface area contributed by atoms with Gasteiger partial charge in [-0.2, -0.15) is 0 Å². The molecule has 0 spiro atoms. The van der Waals surface area contributed by atoms with E-state index in [4.69, 9.17) is 14.3 Å². The number of nitrogens with zero attached hydrogens (tertiary/aromatic N) is 1. The molecule has 10 heteroatoms. The van der Waals surface area contributed by atoms with Crippen LogP contribution in [0.4, 0.5) is 0 Å². The van der Waals surface area contributed by atoms with Gasteiger partial charge >= 0.3 is 5.97 Å². The molecular weight excluding hydrogens is 364 g/mol. The average molecular weight is 382 g/mol. The second-order valence-electron chi connectivity index (χ2n) is 5.31. The normalized spacial score (nSPS) is 11.2. The first-order valence-corrected chi connectivity index (χ1v) is 8.93. The standard InChI is InChI=1S/C16H18N2O7S/c1-17-26(22,23)15-8-7-13(25-15)16(21)18(2)9-11-3-5-12(6-4-11)24-10-14(19)20/h3-8,17H,9-10H2,1-2H3,(H,19,20). The Hall–Kier alpha value is -2.85. The zero-order valence-corrected chi connectivity index (χ0v) is 14.9. The number of carbonyl (C=O) groups is 2. The van der Waals surface area contributed by atoms with E-state index in [0.717, 1.165) is 5.56 Å². The van der Waals surface area contributed by atoms with Crippen LogP contribution in [0.5, 0.6) is 5.75 Å². The summed E-state index contributed by atoms with van der Waals surface area (Å²) < 4.78 is 35.5. The van der Waals surface area contributed by atoms with Crippen molar-refractivity contribution in [3.8, 4) is 5.75 Å². The quantitative estimate of drug-likeness (QED) is 0.695. The summed E-state index contributed by atoms with van der Waals surface area (Å²) >= 11 is 0. The van der Waals surface area contributed by atoms with Crippen LogP contribution in [0, 0.1) is 0 Å². The van der Waals surface area contributed by atoms with Gasteiger partial charge in [0.25, 0.3) is 15.9 Å². The number of carboxylic acid groups (broad SMARTS) is 1. The molecule has 140 valence electrons. The predicted octanol–water partition coefficient (Wildman–Crippen LogP) is 0.923. The molecular formula is C16H18N2O7S. The SMILES string of the molecule is CNS(=O)(=O)c1ccc(C(=O)N(C)Cc2ccc(OCC(=O)O)cc2)o1. The zero-order valence-electron chi connectivity index (χ0n) is 14.1. The molecule has 0 radical (unpaired) electrons. The van der Waals surface area contributed by atoms with Crippen molar-refractivity contribution < 1.29 is 32.3 Å². The lowest BCUT2D eigenvalue weighted by molar-refractivity contribution is -0.139. The van der Waals surface area contributed by atoms with E-state index in [1.807, 2.05) is 0 Å². The van der Waals surface area contributed by atoms with Crippen molar-refractivity contribution in [2.75, 3.05) is 20.7 Å². The van der Waals surface area contributed by atoms with Gasteiger partial charge < -0.3 is 19.2 Å². The van der Waals surface area contributed by atoms with Crippen LogP contribution >= 0.6 is 0 Å². The number of hydrogen-bond donors (Lipinski definition) is 2. The van der Waals surface area contributed by atoms with Crippen molar-refractivity contribution in [1.82, 2.24) is 9.62 Å². The van der Waals surface area contributed by atoms with E-state index >= 15 is 0 Å². The molecule has 0 fully saturated rings. The summed E-state index contributed by atoms with van der Waals surface area (Å²) in [6.45, 7) is -0.194. The van der Waals surface area contributed by atoms with Gasteiger partial charge in [0.1, 0.15) is 5.75 Å². The molecule has 0 aliphatic carbocycles. The Morgan fingerprint density at radius 1 is 1.19 bits per heavy atom. The fraction of sp³-hybridized carbons (Fsp3) is 0.250. The number of furan rings is 1. The van der Waals surface area contributed by atoms with Gasteiger partial charge in [0.15, 0.2) is 12.4 Å². The van der Waals surface area contributed by atoms with E-state index in [-0.39, 0.29) is 17.4 Å². The van der Waals surface area contributed by atoms with Gasteiger partial charge in [-0.3, -0.25) is 4.79 Å². The molecule has 1 aromatic heterocycles. The Balaban J connectivity index is 2.02. The third-order valence-corrected chi connectivity index (χ3v) is 4.66. The van der Waals surface area contributed by atoms with Gasteiger partial charge in [-0.25, -0.2) is 17.9 Å². The molecule has 0 unspecified atom stereocenters. The number of carbonyl (C=O) groups excluding carboxylic acids is 1. The minimum atomic E-state index is -3.75. The first kappa shape index (κ1) is 19.5. The van der Waals surface area contributed by atoms with Crippen molar-refractivity contribution in [3.63, 3.8) is 0 Å². The first-order valence-electron chi connectivity index (χ1n) is 7.45. The van der Waals surface area contributed by atoms with Crippen LogP contribution in [-0.2, 0) is 21.4 Å². The smallest absolute Gasteiger partial charge is 0.341 e. The Bertz CT molecular complexity index is 888. The highest BCUT2D eigenvalue weighted by molar-refractivity contribution is 7.89. The maximum absolute atomic E-state index is 12.3. The molecule has 0 aliphatic rings. The summed E-state index contributed by atoms with van der Waals surface area (Å²) in [7, 11) is -0.962. The maximum Gasteiger partial charge on any atom is 0.341 e. The minimum Gasteiger partial charge on any atom is -0.482 e. The maximum atomic E-state index is 12.3. The van der Waals surface area contributed by atoms with Crippen molar-refractivity contribution >= 4 is 21.9 Å². The van der Waals surface area contributed by atoms with Crippen molar-refractivity contribution in [1.29, 1.82) is 0 Å². The third-order valence-electron chi connectivity index (χ3n) is 3.38. The molecule has 0 saturated carbocycles. The lowest BCUT2D eigenvalue weighted by Crippen LogP contribution is -2.25. The Kier molecular flexibility index (Phi) is 6.01. The molecule has 0 atom stereocenters. The number of amides is 1. The third kappa shape index (κ3) is 4.83. The molecule has 0 aliphatic heterocycles. The summed E-state index contributed by atoms with van der Waals surface area (Å²) in [5.41, 5.74) is 0.776. The van der Waals surface area contributed by atoms with Gasteiger partial charge in [-0.15, -0.1) is 0 Å². The highest BCUT2D eigenvalue weighted by Gasteiger charge is 2.21. The molecule has 2 N–H and O–H groups in total. The van der Waals surface area contributed by atoms with Gasteiger partial charge in [-0.05, 0) is 36.9 Å². The second-order valence-corrected chi connectivity index (χ2v) is 7.13. The summed E-state index contributed by atoms with van der Waals surface area (Å²) in [5.74, 6) is -1.24. The van der Waals surface area contributed by atoms with Crippen molar-refractivity contribution in [2.24, 2.45) is 0 Å². The van der Waals surface area contributed by atoms with Crippen LogP contribution in [0.15, 0.2) is 45.9 Å². The van der Waals surface area contributed by atoms with Gasteiger partial charge in [-0.1, -0.05) is 12.1 Å². The largest absolute Gasteiger partial charge is 0.482 e. The number of hydrogen-bond acceptors (Lipinski definition) is 6. The van der Waals surface area contributed by atoms with Crippen molar-refractivity contribution in [2.45, 2.75) is 11.6 Å². The number of aliphatic carboxylic acids is 1. The molecule has 2 rings (SSSR count). The lowest BCUT2D eigenvalue weighted by Gasteiger charge is -2.16. The second kappa shape index (κ2) is 8.02. The Labute approximate surface area is 150 Å². The highest BCUT2D eigenvalue weighted by atomic mass is 32.2. The lowest BCUT2D eigenvalue weighted by atomic mass is 10.2. The molecule has 26 heavy (non-hydrogen) atoms. The van der Waals surface area contributed by atoms with Crippen LogP contribution in [0.25, 0.3) is 0 Å². The van der Waals surface area contributed by atoms with E-state index in [0.29, 0.717) is 5.75 Å². The fourth-order valence-electron chi connectivity index (χ4n) is 2.05. The zero-order chi connectivity index (χ0) is 19.3. The monoisotopic (exact) mass is 382 g/mol. The van der Waals surface area contributed by atoms with E-state index < -0.39 is 28.5 Å². The fourth-order valence-corrected chi connectivity index (χ4v) is 2.70. The van der Waals surface area contributed by atoms with Crippen LogP contribution in [0.1, 0.15) is 16.1 Å². The van der Waals surface area contributed by atoms with Gasteiger partial charge in [0, 0.05) is 13.6 Å². The molecule has 0 bridgehead atoms. The minimum absolute atomic E-state index is 0.0947. The number of benzene rings is 1.